The highest BCUT2D eigenvalue weighted by Gasteiger charge is 2.26. The summed E-state index contributed by atoms with van der Waals surface area (Å²) in [6, 6.07) is 1.48. The summed E-state index contributed by atoms with van der Waals surface area (Å²) in [5.41, 5.74) is -0.0821. The molecule has 1 aliphatic carbocycles. The molecule has 2 rings (SSSR count). The summed E-state index contributed by atoms with van der Waals surface area (Å²) in [4.78, 5) is 14.5. The highest BCUT2D eigenvalue weighted by Crippen LogP contribution is 2.29. The molecule has 0 radical (unpaired) electrons. The number of halogens is 1. The fourth-order valence-electron chi connectivity index (χ4n) is 1.04. The van der Waals surface area contributed by atoms with Gasteiger partial charge in [-0.15, -0.1) is 0 Å². The molecule has 0 bridgehead atoms. The van der Waals surface area contributed by atoms with E-state index in [2.05, 4.69) is 4.98 Å². The van der Waals surface area contributed by atoms with E-state index in [9.17, 15) is 4.79 Å². The average Bonchev–Trinajstić information content (AvgIpc) is 2.87. The Balaban J connectivity index is 2.31. The summed E-state index contributed by atoms with van der Waals surface area (Å²) < 4.78 is 5.37. The molecule has 0 spiro atoms. The van der Waals surface area contributed by atoms with Crippen molar-refractivity contribution in [1.29, 1.82) is 0 Å². The number of hydrogen-bond acceptors (Lipinski definition) is 3. The van der Waals surface area contributed by atoms with E-state index in [1.54, 1.807) is 0 Å². The molecule has 0 aromatic carbocycles. The maximum absolute atomic E-state index is 10.7. The summed E-state index contributed by atoms with van der Waals surface area (Å²) in [5, 5.41) is 9.18. The molecule has 0 aliphatic heterocycles. The van der Waals surface area contributed by atoms with Crippen LogP contribution in [0.1, 0.15) is 23.3 Å². The predicted octanol–water partition coefficient (Wildman–Crippen LogP) is 1.97. The first kappa shape index (κ1) is 9.27. The highest BCUT2D eigenvalue weighted by molar-refractivity contribution is 6.30. The number of carbonyl (C=O) groups is 1. The van der Waals surface area contributed by atoms with Crippen molar-refractivity contribution >= 4 is 17.6 Å². The average molecular weight is 214 g/mol. The number of ether oxygens (including phenoxy) is 1. The SMILES string of the molecule is O=C(O)c1ncc(Cl)cc1OC1CC1. The topological polar surface area (TPSA) is 59.4 Å². The van der Waals surface area contributed by atoms with Gasteiger partial charge in [0.25, 0.3) is 0 Å². The Morgan fingerprint density at radius 2 is 2.36 bits per heavy atom. The van der Waals surface area contributed by atoms with Crippen LogP contribution in [-0.2, 0) is 0 Å². The van der Waals surface area contributed by atoms with Crippen LogP contribution in [-0.4, -0.2) is 22.2 Å². The van der Waals surface area contributed by atoms with E-state index >= 15 is 0 Å². The molecule has 1 saturated carbocycles. The molecule has 1 heterocycles. The van der Waals surface area contributed by atoms with Crippen molar-refractivity contribution in [1.82, 2.24) is 4.98 Å². The Hall–Kier alpha value is -1.29. The molecule has 1 N–H and O–H groups in total. The lowest BCUT2D eigenvalue weighted by Crippen LogP contribution is -2.06. The molecule has 0 unspecified atom stereocenters. The molecule has 0 atom stereocenters. The lowest BCUT2D eigenvalue weighted by atomic mass is 10.3. The minimum Gasteiger partial charge on any atom is -0.488 e. The molecular weight excluding hydrogens is 206 g/mol. The van der Waals surface area contributed by atoms with E-state index < -0.39 is 5.97 Å². The third-order valence-corrected chi connectivity index (χ3v) is 2.05. The summed E-state index contributed by atoms with van der Waals surface area (Å²) in [6.07, 6.45) is 3.36. The molecule has 74 valence electrons. The maximum Gasteiger partial charge on any atom is 0.358 e. The Labute approximate surface area is 85.5 Å². The quantitative estimate of drug-likeness (QED) is 0.834. The monoisotopic (exact) mass is 213 g/mol. The molecule has 0 saturated heterocycles. The summed E-state index contributed by atoms with van der Waals surface area (Å²) in [5.74, 6) is -0.843. The van der Waals surface area contributed by atoms with Crippen molar-refractivity contribution in [2.24, 2.45) is 0 Å². The van der Waals surface area contributed by atoms with Gasteiger partial charge in [0.2, 0.25) is 0 Å². The van der Waals surface area contributed by atoms with Gasteiger partial charge in [0.1, 0.15) is 0 Å². The standard InChI is InChI=1S/C9H8ClNO3/c10-5-3-7(14-6-1-2-6)8(9(12)13)11-4-5/h3-4,6H,1-2H2,(H,12,13). The molecule has 0 amide bonds. The zero-order valence-corrected chi connectivity index (χ0v) is 7.99. The third-order valence-electron chi connectivity index (χ3n) is 1.84. The first-order valence-electron chi connectivity index (χ1n) is 4.22. The van der Waals surface area contributed by atoms with Crippen molar-refractivity contribution < 1.29 is 14.6 Å². The number of carboxylic acids is 1. The molecule has 1 aliphatic rings. The van der Waals surface area contributed by atoms with E-state index in [0.29, 0.717) is 5.02 Å². The molecule has 1 aromatic rings. The van der Waals surface area contributed by atoms with Gasteiger partial charge in [0.15, 0.2) is 11.4 Å². The van der Waals surface area contributed by atoms with E-state index in [0.717, 1.165) is 12.8 Å². The van der Waals surface area contributed by atoms with E-state index in [4.69, 9.17) is 21.4 Å². The van der Waals surface area contributed by atoms with Crippen LogP contribution in [0, 0.1) is 0 Å². The van der Waals surface area contributed by atoms with Gasteiger partial charge in [-0.05, 0) is 12.8 Å². The number of carboxylic acid groups (broad SMARTS) is 1. The number of hydrogen-bond donors (Lipinski definition) is 1. The van der Waals surface area contributed by atoms with Crippen molar-refractivity contribution in [3.8, 4) is 5.75 Å². The lowest BCUT2D eigenvalue weighted by molar-refractivity contribution is 0.0685. The smallest absolute Gasteiger partial charge is 0.358 e. The van der Waals surface area contributed by atoms with Crippen LogP contribution >= 0.6 is 11.6 Å². The summed E-state index contributed by atoms with van der Waals surface area (Å²) in [6.45, 7) is 0. The Morgan fingerprint density at radius 3 is 2.93 bits per heavy atom. The Morgan fingerprint density at radius 1 is 1.64 bits per heavy atom. The van der Waals surface area contributed by atoms with Crippen molar-refractivity contribution in [2.75, 3.05) is 0 Å². The molecule has 14 heavy (non-hydrogen) atoms. The van der Waals surface area contributed by atoms with Crippen molar-refractivity contribution in [3.63, 3.8) is 0 Å². The van der Waals surface area contributed by atoms with Gasteiger partial charge in [-0.25, -0.2) is 9.78 Å². The lowest BCUT2D eigenvalue weighted by Gasteiger charge is -2.06. The zero-order chi connectivity index (χ0) is 10.1. The van der Waals surface area contributed by atoms with Crippen LogP contribution in [0.3, 0.4) is 0 Å². The fraction of sp³-hybridized carbons (Fsp3) is 0.333. The van der Waals surface area contributed by atoms with Crippen LogP contribution < -0.4 is 4.74 Å². The van der Waals surface area contributed by atoms with Gasteiger partial charge < -0.3 is 9.84 Å². The number of aromatic carboxylic acids is 1. The minimum absolute atomic E-state index is 0.0821. The first-order chi connectivity index (χ1) is 6.66. The fourth-order valence-corrected chi connectivity index (χ4v) is 1.18. The summed E-state index contributed by atoms with van der Waals surface area (Å²) in [7, 11) is 0. The largest absolute Gasteiger partial charge is 0.488 e. The molecule has 1 aromatic heterocycles. The Bertz CT molecular complexity index is 376. The van der Waals surface area contributed by atoms with Gasteiger partial charge in [-0.2, -0.15) is 0 Å². The first-order valence-corrected chi connectivity index (χ1v) is 4.60. The maximum atomic E-state index is 10.7. The predicted molar refractivity (Wildman–Crippen MR) is 49.9 cm³/mol. The van der Waals surface area contributed by atoms with Crippen LogP contribution in [0.25, 0.3) is 0 Å². The van der Waals surface area contributed by atoms with Crippen LogP contribution in [0.4, 0.5) is 0 Å². The third kappa shape index (κ3) is 1.96. The number of pyridine rings is 1. The van der Waals surface area contributed by atoms with Gasteiger partial charge in [-0.3, -0.25) is 0 Å². The van der Waals surface area contributed by atoms with Crippen molar-refractivity contribution in [3.05, 3.63) is 23.0 Å². The highest BCUT2D eigenvalue weighted by atomic mass is 35.5. The minimum atomic E-state index is -1.10. The Kier molecular flexibility index (Phi) is 2.29. The van der Waals surface area contributed by atoms with Crippen LogP contribution in [0.2, 0.25) is 5.02 Å². The zero-order valence-electron chi connectivity index (χ0n) is 7.24. The van der Waals surface area contributed by atoms with Crippen LogP contribution in [0.15, 0.2) is 12.3 Å². The second kappa shape index (κ2) is 3.46. The molecular formula is C9H8ClNO3. The summed E-state index contributed by atoms with van der Waals surface area (Å²) >= 11 is 5.69. The molecule has 4 nitrogen and oxygen atoms in total. The van der Waals surface area contributed by atoms with Gasteiger partial charge in [0, 0.05) is 12.3 Å². The van der Waals surface area contributed by atoms with Gasteiger partial charge >= 0.3 is 5.97 Å². The normalized spacial score (nSPS) is 15.2. The van der Waals surface area contributed by atoms with Crippen LogP contribution in [0.5, 0.6) is 5.75 Å². The van der Waals surface area contributed by atoms with Gasteiger partial charge in [0.05, 0.1) is 11.1 Å². The second-order valence-corrected chi connectivity index (χ2v) is 3.56. The number of aromatic nitrogens is 1. The number of nitrogens with zero attached hydrogens (tertiary/aromatic N) is 1. The number of rotatable bonds is 3. The molecule has 5 heteroatoms. The second-order valence-electron chi connectivity index (χ2n) is 3.12. The van der Waals surface area contributed by atoms with E-state index in [-0.39, 0.29) is 17.5 Å². The molecule has 1 fully saturated rings. The van der Waals surface area contributed by atoms with E-state index in [1.807, 2.05) is 0 Å². The van der Waals surface area contributed by atoms with Gasteiger partial charge in [-0.1, -0.05) is 11.6 Å². The van der Waals surface area contributed by atoms with Crippen molar-refractivity contribution in [2.45, 2.75) is 18.9 Å². The van der Waals surface area contributed by atoms with E-state index in [1.165, 1.54) is 12.3 Å².